The summed E-state index contributed by atoms with van der Waals surface area (Å²) in [5.74, 6) is -0.211. The molecule has 1 heterocycles. The summed E-state index contributed by atoms with van der Waals surface area (Å²) in [7, 11) is 0. The fraction of sp³-hybridized carbons (Fsp3) is 0.154. The highest BCUT2D eigenvalue weighted by molar-refractivity contribution is 14.1. The number of benzene rings is 1. The van der Waals surface area contributed by atoms with Crippen LogP contribution in [-0.2, 0) is 6.54 Å². The second-order valence-corrected chi connectivity index (χ2v) is 4.94. The van der Waals surface area contributed by atoms with E-state index in [4.69, 9.17) is 0 Å². The second-order valence-electron chi connectivity index (χ2n) is 3.78. The van der Waals surface area contributed by atoms with E-state index in [1.807, 2.05) is 19.2 Å². The number of aryl methyl sites for hydroxylation is 1. The minimum Gasteiger partial charge on any atom is -0.380 e. The van der Waals surface area contributed by atoms with E-state index in [0.717, 1.165) is 14.8 Å². The van der Waals surface area contributed by atoms with Crippen LogP contribution in [0, 0.1) is 16.3 Å². The number of pyridine rings is 1. The first kappa shape index (κ1) is 12.3. The summed E-state index contributed by atoms with van der Waals surface area (Å²) in [4.78, 5) is 4.09. The second kappa shape index (κ2) is 5.44. The Morgan fingerprint density at radius 3 is 2.88 bits per heavy atom. The van der Waals surface area contributed by atoms with Gasteiger partial charge in [0.05, 0.1) is 0 Å². The average Bonchev–Trinajstić information content (AvgIpc) is 2.30. The van der Waals surface area contributed by atoms with Crippen molar-refractivity contribution in [3.63, 3.8) is 0 Å². The number of anilines is 1. The highest BCUT2D eigenvalue weighted by atomic mass is 127. The van der Waals surface area contributed by atoms with Crippen molar-refractivity contribution in [2.45, 2.75) is 13.5 Å². The van der Waals surface area contributed by atoms with Crippen LogP contribution in [0.1, 0.15) is 11.1 Å². The van der Waals surface area contributed by atoms with Gasteiger partial charge < -0.3 is 5.32 Å². The van der Waals surface area contributed by atoms with Gasteiger partial charge in [0.1, 0.15) is 5.82 Å². The van der Waals surface area contributed by atoms with Gasteiger partial charge in [-0.1, -0.05) is 0 Å². The first-order chi connectivity index (χ1) is 8.16. The topological polar surface area (TPSA) is 24.9 Å². The molecule has 0 radical (unpaired) electrons. The molecule has 0 unspecified atom stereocenters. The number of halogens is 2. The lowest BCUT2D eigenvalue weighted by atomic mass is 10.1. The Morgan fingerprint density at radius 2 is 2.18 bits per heavy atom. The van der Waals surface area contributed by atoms with Gasteiger partial charge in [-0.25, -0.2) is 4.39 Å². The van der Waals surface area contributed by atoms with Crippen molar-refractivity contribution in [3.8, 4) is 0 Å². The predicted molar refractivity (Wildman–Crippen MR) is 75.4 cm³/mol. The van der Waals surface area contributed by atoms with Gasteiger partial charge in [0.25, 0.3) is 0 Å². The normalized spacial score (nSPS) is 10.3. The number of nitrogens with one attached hydrogen (secondary N) is 1. The summed E-state index contributed by atoms with van der Waals surface area (Å²) in [6, 6.07) is 6.70. The van der Waals surface area contributed by atoms with Crippen molar-refractivity contribution in [2.24, 2.45) is 0 Å². The molecule has 0 spiro atoms. The first-order valence-corrected chi connectivity index (χ1v) is 6.33. The Hall–Kier alpha value is -1.17. The van der Waals surface area contributed by atoms with Crippen molar-refractivity contribution in [2.75, 3.05) is 5.32 Å². The first-order valence-electron chi connectivity index (χ1n) is 5.25. The molecule has 0 atom stereocenters. The van der Waals surface area contributed by atoms with E-state index in [1.54, 1.807) is 12.3 Å². The fourth-order valence-electron chi connectivity index (χ4n) is 1.51. The van der Waals surface area contributed by atoms with E-state index in [1.165, 1.54) is 17.7 Å². The molecule has 0 fully saturated rings. The zero-order valence-electron chi connectivity index (χ0n) is 9.37. The maximum atomic E-state index is 12.9. The number of nitrogens with zero attached hydrogens (tertiary/aromatic N) is 1. The van der Waals surface area contributed by atoms with Gasteiger partial charge in [-0.3, -0.25) is 4.98 Å². The van der Waals surface area contributed by atoms with Crippen molar-refractivity contribution in [3.05, 3.63) is 57.2 Å². The number of aromatic nitrogens is 1. The van der Waals surface area contributed by atoms with Crippen molar-refractivity contribution in [1.29, 1.82) is 0 Å². The lowest BCUT2D eigenvalue weighted by molar-refractivity contribution is 0.627. The van der Waals surface area contributed by atoms with Crippen LogP contribution in [0.3, 0.4) is 0 Å². The molecule has 0 aliphatic carbocycles. The molecule has 2 nitrogen and oxygen atoms in total. The Morgan fingerprint density at radius 1 is 1.35 bits per heavy atom. The molecule has 1 aromatic carbocycles. The fourth-order valence-corrected chi connectivity index (χ4v) is 2.17. The van der Waals surface area contributed by atoms with E-state index < -0.39 is 0 Å². The van der Waals surface area contributed by atoms with Crippen LogP contribution in [0.2, 0.25) is 0 Å². The van der Waals surface area contributed by atoms with E-state index in [2.05, 4.69) is 32.9 Å². The molecule has 4 heteroatoms. The molecule has 2 rings (SSSR count). The Balaban J connectivity index is 2.10. The maximum Gasteiger partial charge on any atom is 0.124 e. The summed E-state index contributed by atoms with van der Waals surface area (Å²) < 4.78 is 13.8. The van der Waals surface area contributed by atoms with Crippen LogP contribution in [0.4, 0.5) is 10.1 Å². The van der Waals surface area contributed by atoms with Gasteiger partial charge in [-0.05, 0) is 64.9 Å². The Kier molecular flexibility index (Phi) is 3.93. The van der Waals surface area contributed by atoms with Gasteiger partial charge >= 0.3 is 0 Å². The maximum absolute atomic E-state index is 12.9. The molecule has 0 saturated heterocycles. The van der Waals surface area contributed by atoms with Crippen LogP contribution in [0.15, 0.2) is 36.7 Å². The van der Waals surface area contributed by atoms with E-state index in [-0.39, 0.29) is 5.82 Å². The third-order valence-electron chi connectivity index (χ3n) is 2.55. The summed E-state index contributed by atoms with van der Waals surface area (Å²) in [6.07, 6.45) is 3.62. The monoisotopic (exact) mass is 342 g/mol. The summed E-state index contributed by atoms with van der Waals surface area (Å²) in [5.41, 5.74) is 3.28. The molecular weight excluding hydrogens is 330 g/mol. The standard InChI is InChI=1S/C13H12FIN2/c1-9-4-5-16-7-10(9)8-17-13-3-2-11(14)6-12(13)15/h2-7,17H,8H2,1H3. The number of hydrogen-bond acceptors (Lipinski definition) is 2. The molecular formula is C13H12FIN2. The third kappa shape index (κ3) is 3.15. The van der Waals surface area contributed by atoms with Crippen LogP contribution < -0.4 is 5.32 Å². The molecule has 0 aliphatic rings. The molecule has 1 N–H and O–H groups in total. The largest absolute Gasteiger partial charge is 0.380 e. The van der Waals surface area contributed by atoms with Crippen molar-refractivity contribution >= 4 is 28.3 Å². The summed E-state index contributed by atoms with van der Waals surface area (Å²) in [5, 5.41) is 3.28. The molecule has 0 aliphatic heterocycles. The zero-order valence-corrected chi connectivity index (χ0v) is 11.5. The van der Waals surface area contributed by atoms with Crippen molar-refractivity contribution < 1.29 is 4.39 Å². The van der Waals surface area contributed by atoms with Gasteiger partial charge in [0, 0.05) is 28.2 Å². The average molecular weight is 342 g/mol. The van der Waals surface area contributed by atoms with Gasteiger partial charge in [-0.15, -0.1) is 0 Å². The lowest BCUT2D eigenvalue weighted by Crippen LogP contribution is -2.03. The van der Waals surface area contributed by atoms with E-state index in [0.29, 0.717) is 6.54 Å². The predicted octanol–water partition coefficient (Wildman–Crippen LogP) is 3.75. The smallest absolute Gasteiger partial charge is 0.124 e. The highest BCUT2D eigenvalue weighted by Gasteiger charge is 2.02. The third-order valence-corrected chi connectivity index (χ3v) is 3.44. The molecule has 0 amide bonds. The van der Waals surface area contributed by atoms with Gasteiger partial charge in [0.15, 0.2) is 0 Å². The van der Waals surface area contributed by atoms with Crippen LogP contribution >= 0.6 is 22.6 Å². The lowest BCUT2D eigenvalue weighted by Gasteiger charge is -2.10. The van der Waals surface area contributed by atoms with E-state index >= 15 is 0 Å². The van der Waals surface area contributed by atoms with Crippen LogP contribution in [0.25, 0.3) is 0 Å². The number of rotatable bonds is 3. The van der Waals surface area contributed by atoms with E-state index in [9.17, 15) is 4.39 Å². The van der Waals surface area contributed by atoms with Gasteiger partial charge in [0.2, 0.25) is 0 Å². The van der Waals surface area contributed by atoms with Gasteiger partial charge in [-0.2, -0.15) is 0 Å². The molecule has 0 saturated carbocycles. The summed E-state index contributed by atoms with van der Waals surface area (Å²) in [6.45, 7) is 2.75. The molecule has 88 valence electrons. The SMILES string of the molecule is Cc1ccncc1CNc1ccc(F)cc1I. The van der Waals surface area contributed by atoms with Crippen LogP contribution in [0.5, 0.6) is 0 Å². The van der Waals surface area contributed by atoms with Crippen LogP contribution in [-0.4, -0.2) is 4.98 Å². The highest BCUT2D eigenvalue weighted by Crippen LogP contribution is 2.20. The number of hydrogen-bond donors (Lipinski definition) is 1. The minimum absolute atomic E-state index is 0.211. The molecule has 17 heavy (non-hydrogen) atoms. The zero-order chi connectivity index (χ0) is 12.3. The quantitative estimate of drug-likeness (QED) is 0.860. The summed E-state index contributed by atoms with van der Waals surface area (Å²) >= 11 is 2.12. The minimum atomic E-state index is -0.211. The molecule has 1 aromatic heterocycles. The molecule has 0 bridgehead atoms. The Bertz CT molecular complexity index is 529. The Labute approximate surface area is 113 Å². The van der Waals surface area contributed by atoms with Crippen molar-refractivity contribution in [1.82, 2.24) is 4.98 Å². The molecule has 2 aromatic rings.